The highest BCUT2D eigenvalue weighted by Gasteiger charge is 2.42. The zero-order valence-corrected chi connectivity index (χ0v) is 15.0. The number of benzene rings is 1. The second-order valence-electron chi connectivity index (χ2n) is 6.80. The minimum atomic E-state index is -0.584. The summed E-state index contributed by atoms with van der Waals surface area (Å²) in [5.74, 6) is -0.833. The van der Waals surface area contributed by atoms with Crippen molar-refractivity contribution in [2.24, 2.45) is 0 Å². The van der Waals surface area contributed by atoms with Crippen molar-refractivity contribution >= 4 is 16.9 Å². The van der Waals surface area contributed by atoms with Crippen molar-refractivity contribution in [3.63, 3.8) is 0 Å². The SMILES string of the molecule is CN(C)CCN1C(=O)c2oc3ccc(F)cc3c(=O)c2[C@@H]1c1ccncc1. The van der Waals surface area contributed by atoms with Crippen molar-refractivity contribution in [3.8, 4) is 0 Å². The van der Waals surface area contributed by atoms with Gasteiger partial charge in [-0.15, -0.1) is 0 Å². The molecule has 0 N–H and O–H groups in total. The number of pyridine rings is 1. The van der Waals surface area contributed by atoms with Crippen molar-refractivity contribution < 1.29 is 13.6 Å². The highest BCUT2D eigenvalue weighted by atomic mass is 19.1. The zero-order valence-electron chi connectivity index (χ0n) is 15.0. The van der Waals surface area contributed by atoms with Crippen LogP contribution in [0.4, 0.5) is 4.39 Å². The Morgan fingerprint density at radius 3 is 2.63 bits per heavy atom. The summed E-state index contributed by atoms with van der Waals surface area (Å²) < 4.78 is 19.4. The number of hydrogen-bond acceptors (Lipinski definition) is 5. The monoisotopic (exact) mass is 367 g/mol. The molecule has 0 bridgehead atoms. The van der Waals surface area contributed by atoms with Crippen LogP contribution in [0.1, 0.15) is 27.7 Å². The first-order valence-electron chi connectivity index (χ1n) is 8.59. The number of hydrogen-bond donors (Lipinski definition) is 0. The third-order valence-electron chi connectivity index (χ3n) is 4.74. The highest BCUT2D eigenvalue weighted by molar-refractivity contribution is 5.99. The Kier molecular flexibility index (Phi) is 4.24. The number of halogens is 1. The van der Waals surface area contributed by atoms with Gasteiger partial charge in [-0.1, -0.05) is 0 Å². The van der Waals surface area contributed by atoms with Crippen LogP contribution in [0.2, 0.25) is 0 Å². The summed E-state index contributed by atoms with van der Waals surface area (Å²) in [5, 5.41) is 0.134. The molecule has 0 saturated heterocycles. The normalized spacial score (nSPS) is 16.4. The van der Waals surface area contributed by atoms with Gasteiger partial charge in [-0.3, -0.25) is 14.6 Å². The smallest absolute Gasteiger partial charge is 0.290 e. The average Bonchev–Trinajstić information content (AvgIpc) is 2.94. The van der Waals surface area contributed by atoms with E-state index in [1.807, 2.05) is 19.0 Å². The van der Waals surface area contributed by atoms with Gasteiger partial charge in [-0.2, -0.15) is 0 Å². The molecular weight excluding hydrogens is 349 g/mol. The Morgan fingerprint density at radius 1 is 1.19 bits per heavy atom. The summed E-state index contributed by atoms with van der Waals surface area (Å²) in [6.45, 7) is 1.05. The molecule has 1 amide bonds. The van der Waals surface area contributed by atoms with E-state index in [0.717, 1.165) is 11.6 Å². The lowest BCUT2D eigenvalue weighted by Gasteiger charge is -2.26. The molecule has 0 unspecified atom stereocenters. The minimum absolute atomic E-state index is 0.0275. The number of nitrogens with zero attached hydrogens (tertiary/aromatic N) is 3. The number of rotatable bonds is 4. The first-order chi connectivity index (χ1) is 13.0. The van der Waals surface area contributed by atoms with Gasteiger partial charge in [-0.25, -0.2) is 4.39 Å². The summed E-state index contributed by atoms with van der Waals surface area (Å²) in [6.07, 6.45) is 3.23. The Balaban J connectivity index is 1.95. The topological polar surface area (TPSA) is 66.7 Å². The number of aromatic nitrogens is 1. The second kappa shape index (κ2) is 6.59. The first-order valence-corrected chi connectivity index (χ1v) is 8.59. The predicted molar refractivity (Wildman–Crippen MR) is 98.1 cm³/mol. The van der Waals surface area contributed by atoms with Gasteiger partial charge in [-0.05, 0) is 50.0 Å². The molecule has 3 aromatic rings. The lowest BCUT2D eigenvalue weighted by atomic mass is 9.99. The third kappa shape index (κ3) is 2.90. The molecule has 1 aliphatic rings. The van der Waals surface area contributed by atoms with E-state index in [-0.39, 0.29) is 33.6 Å². The number of amides is 1. The molecule has 0 fully saturated rings. The summed E-state index contributed by atoms with van der Waals surface area (Å²) >= 11 is 0. The number of carbonyl (C=O) groups is 1. The molecule has 0 radical (unpaired) electrons. The van der Waals surface area contributed by atoms with Gasteiger partial charge in [0.05, 0.1) is 17.0 Å². The van der Waals surface area contributed by atoms with Gasteiger partial charge in [0.15, 0.2) is 5.43 Å². The van der Waals surface area contributed by atoms with Crippen LogP contribution in [0, 0.1) is 5.82 Å². The van der Waals surface area contributed by atoms with Gasteiger partial charge in [0, 0.05) is 25.5 Å². The lowest BCUT2D eigenvalue weighted by Crippen LogP contribution is -2.35. The van der Waals surface area contributed by atoms with Crippen LogP contribution in [-0.4, -0.2) is 47.9 Å². The van der Waals surface area contributed by atoms with Gasteiger partial charge in [0.2, 0.25) is 5.76 Å². The molecule has 3 heterocycles. The maximum absolute atomic E-state index is 13.7. The van der Waals surface area contributed by atoms with E-state index < -0.39 is 11.9 Å². The van der Waals surface area contributed by atoms with Gasteiger partial charge in [0.25, 0.3) is 5.91 Å². The number of fused-ring (bicyclic) bond motifs is 2. The largest absolute Gasteiger partial charge is 0.450 e. The third-order valence-corrected chi connectivity index (χ3v) is 4.74. The Morgan fingerprint density at radius 2 is 1.93 bits per heavy atom. The molecule has 27 heavy (non-hydrogen) atoms. The molecule has 4 rings (SSSR count). The Hall–Kier alpha value is -3.06. The van der Waals surface area contributed by atoms with Gasteiger partial charge in [0.1, 0.15) is 11.4 Å². The predicted octanol–water partition coefficient (Wildman–Crippen LogP) is 2.43. The molecule has 1 atom stereocenters. The van der Waals surface area contributed by atoms with Gasteiger partial charge < -0.3 is 14.2 Å². The van der Waals surface area contributed by atoms with Crippen LogP contribution in [-0.2, 0) is 0 Å². The molecule has 6 nitrogen and oxygen atoms in total. The average molecular weight is 367 g/mol. The molecule has 7 heteroatoms. The maximum Gasteiger partial charge on any atom is 0.290 e. The van der Waals surface area contributed by atoms with Crippen molar-refractivity contribution in [2.75, 3.05) is 27.2 Å². The van der Waals surface area contributed by atoms with Crippen LogP contribution >= 0.6 is 0 Å². The molecule has 0 aliphatic carbocycles. The summed E-state index contributed by atoms with van der Waals surface area (Å²) in [7, 11) is 3.82. The first kappa shape index (κ1) is 17.4. The Bertz CT molecular complexity index is 1080. The van der Waals surface area contributed by atoms with Crippen molar-refractivity contribution in [1.29, 1.82) is 0 Å². The van der Waals surface area contributed by atoms with Crippen molar-refractivity contribution in [1.82, 2.24) is 14.8 Å². The van der Waals surface area contributed by atoms with Crippen LogP contribution in [0.25, 0.3) is 11.0 Å². The van der Waals surface area contributed by atoms with Crippen LogP contribution < -0.4 is 5.43 Å². The van der Waals surface area contributed by atoms with E-state index in [1.165, 1.54) is 12.1 Å². The van der Waals surface area contributed by atoms with E-state index in [0.29, 0.717) is 13.1 Å². The quantitative estimate of drug-likeness (QED) is 0.709. The van der Waals surface area contributed by atoms with Crippen LogP contribution in [0.5, 0.6) is 0 Å². The minimum Gasteiger partial charge on any atom is -0.450 e. The van der Waals surface area contributed by atoms with Crippen LogP contribution in [0.3, 0.4) is 0 Å². The van der Waals surface area contributed by atoms with Crippen LogP contribution in [0.15, 0.2) is 51.9 Å². The van der Waals surface area contributed by atoms with E-state index in [2.05, 4.69) is 4.98 Å². The van der Waals surface area contributed by atoms with E-state index in [1.54, 1.807) is 29.4 Å². The molecule has 2 aromatic heterocycles. The molecule has 138 valence electrons. The summed E-state index contributed by atoms with van der Waals surface area (Å²) in [5.41, 5.74) is 0.840. The van der Waals surface area contributed by atoms with Gasteiger partial charge >= 0.3 is 0 Å². The summed E-state index contributed by atoms with van der Waals surface area (Å²) in [4.78, 5) is 33.8. The summed E-state index contributed by atoms with van der Waals surface area (Å²) in [6, 6.07) is 6.69. The van der Waals surface area contributed by atoms with E-state index >= 15 is 0 Å². The number of likely N-dealkylation sites (N-methyl/N-ethyl adjacent to an activating group) is 1. The maximum atomic E-state index is 13.7. The molecule has 0 spiro atoms. The fourth-order valence-electron chi connectivity index (χ4n) is 3.42. The van der Waals surface area contributed by atoms with Crippen molar-refractivity contribution in [3.05, 3.63) is 75.7 Å². The molecular formula is C20H18FN3O3. The van der Waals surface area contributed by atoms with Crippen molar-refractivity contribution in [2.45, 2.75) is 6.04 Å². The fourth-order valence-corrected chi connectivity index (χ4v) is 3.42. The fraction of sp³-hybridized carbons (Fsp3) is 0.250. The van der Waals surface area contributed by atoms with E-state index in [4.69, 9.17) is 4.42 Å². The molecule has 1 aromatic carbocycles. The number of carbonyl (C=O) groups excluding carboxylic acids is 1. The molecule has 1 aliphatic heterocycles. The lowest BCUT2D eigenvalue weighted by molar-refractivity contribution is 0.0716. The Labute approximate surface area is 154 Å². The molecule has 0 saturated carbocycles. The second-order valence-corrected chi connectivity index (χ2v) is 6.80. The highest BCUT2D eigenvalue weighted by Crippen LogP contribution is 2.37. The standard InChI is InChI=1S/C20H18FN3O3/c1-23(2)9-10-24-17(12-5-7-22-8-6-12)16-18(25)14-11-13(21)3-4-15(14)27-19(16)20(24)26/h3-8,11,17H,9-10H2,1-2H3/t17-/m0/s1. The van der Waals surface area contributed by atoms with E-state index in [9.17, 15) is 14.0 Å². The zero-order chi connectivity index (χ0) is 19.1.